The Hall–Kier alpha value is -2.89. The van der Waals surface area contributed by atoms with Gasteiger partial charge in [0.05, 0.1) is 19.2 Å². The Morgan fingerprint density at radius 3 is 2.40 bits per heavy atom. The summed E-state index contributed by atoms with van der Waals surface area (Å²) in [4.78, 5) is 12.2. The zero-order valence-electron chi connectivity index (χ0n) is 14.8. The van der Waals surface area contributed by atoms with Crippen LogP contribution in [0.3, 0.4) is 0 Å². The van der Waals surface area contributed by atoms with Gasteiger partial charge in [0.1, 0.15) is 17.3 Å². The van der Waals surface area contributed by atoms with Crippen molar-refractivity contribution < 1.29 is 18.4 Å². The van der Waals surface area contributed by atoms with E-state index in [1.807, 2.05) is 57.2 Å². The first-order valence-corrected chi connectivity index (χ1v) is 8.17. The minimum atomic E-state index is -0.290. The number of fused-ring (bicyclic) bond motifs is 1. The van der Waals surface area contributed by atoms with Crippen LogP contribution in [0, 0.1) is 6.92 Å². The van der Waals surface area contributed by atoms with Crippen molar-refractivity contribution >= 4 is 17.0 Å². The van der Waals surface area contributed by atoms with Gasteiger partial charge < -0.3 is 24.2 Å². The van der Waals surface area contributed by atoms with Crippen LogP contribution in [0.2, 0.25) is 0 Å². The van der Waals surface area contributed by atoms with E-state index >= 15 is 0 Å². The van der Waals surface area contributed by atoms with Crippen molar-refractivity contribution in [1.82, 2.24) is 10.6 Å². The van der Waals surface area contributed by atoms with Crippen molar-refractivity contribution in [3.8, 4) is 5.75 Å². The molecular formula is C19H22N2O4. The number of hydrogen-bond acceptors (Lipinski definition) is 4. The second kappa shape index (κ2) is 6.93. The molecule has 0 spiro atoms. The van der Waals surface area contributed by atoms with Crippen molar-refractivity contribution in [3.63, 3.8) is 0 Å². The van der Waals surface area contributed by atoms with Gasteiger partial charge >= 0.3 is 6.03 Å². The lowest BCUT2D eigenvalue weighted by molar-refractivity contribution is 0.231. The molecule has 132 valence electrons. The third kappa shape index (κ3) is 3.63. The summed E-state index contributed by atoms with van der Waals surface area (Å²) in [5, 5.41) is 6.67. The van der Waals surface area contributed by atoms with Crippen LogP contribution in [0.25, 0.3) is 11.0 Å². The summed E-state index contributed by atoms with van der Waals surface area (Å²) in [6, 6.07) is 10.5. The van der Waals surface area contributed by atoms with Gasteiger partial charge in [0, 0.05) is 5.39 Å². The lowest BCUT2D eigenvalue weighted by atomic mass is 10.2. The Morgan fingerprint density at radius 1 is 1.04 bits per heavy atom. The Morgan fingerprint density at radius 2 is 1.76 bits per heavy atom. The van der Waals surface area contributed by atoms with Crippen LogP contribution in [0.4, 0.5) is 4.79 Å². The van der Waals surface area contributed by atoms with Gasteiger partial charge in [-0.2, -0.15) is 0 Å². The van der Waals surface area contributed by atoms with E-state index in [0.717, 1.165) is 11.1 Å². The summed E-state index contributed by atoms with van der Waals surface area (Å²) in [6.07, 6.45) is 0. The molecule has 3 rings (SSSR count). The molecule has 0 aliphatic heterocycles. The predicted molar refractivity (Wildman–Crippen MR) is 94.7 cm³/mol. The average Bonchev–Trinajstić information content (AvgIpc) is 3.20. The van der Waals surface area contributed by atoms with Gasteiger partial charge in [0.15, 0.2) is 11.3 Å². The molecule has 25 heavy (non-hydrogen) atoms. The van der Waals surface area contributed by atoms with E-state index in [2.05, 4.69) is 10.6 Å². The van der Waals surface area contributed by atoms with Gasteiger partial charge in [0.2, 0.25) is 0 Å². The minimum absolute atomic E-state index is 0.225. The SMILES string of the molecule is COc1cccc2cc(C(C)NC(=O)NC(C)c3ccc(C)o3)oc12. The Kier molecular flexibility index (Phi) is 4.70. The summed E-state index contributed by atoms with van der Waals surface area (Å²) >= 11 is 0. The molecule has 0 saturated carbocycles. The van der Waals surface area contributed by atoms with Gasteiger partial charge in [-0.05, 0) is 45.0 Å². The summed E-state index contributed by atoms with van der Waals surface area (Å²) in [7, 11) is 1.60. The van der Waals surface area contributed by atoms with Gasteiger partial charge in [0.25, 0.3) is 0 Å². The molecule has 2 N–H and O–H groups in total. The molecule has 2 amide bonds. The third-order valence-electron chi connectivity index (χ3n) is 4.06. The summed E-state index contributed by atoms with van der Waals surface area (Å²) in [5.41, 5.74) is 0.675. The highest BCUT2D eigenvalue weighted by molar-refractivity contribution is 5.84. The third-order valence-corrected chi connectivity index (χ3v) is 4.06. The topological polar surface area (TPSA) is 76.6 Å². The van der Waals surface area contributed by atoms with Crippen LogP contribution in [0.5, 0.6) is 5.75 Å². The zero-order valence-corrected chi connectivity index (χ0v) is 14.8. The van der Waals surface area contributed by atoms with Crippen LogP contribution < -0.4 is 15.4 Å². The van der Waals surface area contributed by atoms with Gasteiger partial charge in [-0.15, -0.1) is 0 Å². The van der Waals surface area contributed by atoms with Crippen molar-refractivity contribution in [2.75, 3.05) is 7.11 Å². The van der Waals surface area contributed by atoms with Gasteiger partial charge in [-0.25, -0.2) is 4.79 Å². The lowest BCUT2D eigenvalue weighted by Gasteiger charge is -2.15. The molecule has 2 aromatic heterocycles. The minimum Gasteiger partial charge on any atom is -0.493 e. The number of aryl methyl sites for hydroxylation is 1. The summed E-state index contributed by atoms with van der Waals surface area (Å²) in [6.45, 7) is 5.61. The fourth-order valence-electron chi connectivity index (χ4n) is 2.69. The van der Waals surface area contributed by atoms with E-state index in [-0.39, 0.29) is 18.1 Å². The molecule has 0 aliphatic rings. The van der Waals surface area contributed by atoms with Crippen LogP contribution >= 0.6 is 0 Å². The number of benzene rings is 1. The molecule has 0 saturated heterocycles. The van der Waals surface area contributed by atoms with E-state index in [1.165, 1.54) is 0 Å². The van der Waals surface area contributed by atoms with Crippen LogP contribution in [0.15, 0.2) is 45.2 Å². The molecule has 0 aliphatic carbocycles. The number of para-hydroxylation sites is 1. The van der Waals surface area contributed by atoms with Crippen LogP contribution in [-0.4, -0.2) is 13.1 Å². The lowest BCUT2D eigenvalue weighted by Crippen LogP contribution is -2.38. The Labute approximate surface area is 146 Å². The van der Waals surface area contributed by atoms with E-state index in [1.54, 1.807) is 7.11 Å². The number of furan rings is 2. The van der Waals surface area contributed by atoms with Crippen molar-refractivity contribution in [1.29, 1.82) is 0 Å². The first-order chi connectivity index (χ1) is 12.0. The van der Waals surface area contributed by atoms with Crippen molar-refractivity contribution in [3.05, 3.63) is 53.7 Å². The smallest absolute Gasteiger partial charge is 0.315 e. The Bertz CT molecular complexity index is 881. The van der Waals surface area contributed by atoms with Crippen LogP contribution in [0.1, 0.15) is 43.2 Å². The molecule has 0 bridgehead atoms. The number of amides is 2. The maximum atomic E-state index is 12.2. The fraction of sp³-hybridized carbons (Fsp3) is 0.316. The maximum absolute atomic E-state index is 12.2. The van der Waals surface area contributed by atoms with E-state index in [0.29, 0.717) is 22.9 Å². The molecule has 6 nitrogen and oxygen atoms in total. The van der Waals surface area contributed by atoms with Crippen molar-refractivity contribution in [2.24, 2.45) is 0 Å². The summed E-state index contributed by atoms with van der Waals surface area (Å²) in [5.74, 6) is 2.86. The number of urea groups is 1. The first kappa shape index (κ1) is 17.0. The van der Waals surface area contributed by atoms with Gasteiger partial charge in [-0.1, -0.05) is 12.1 Å². The predicted octanol–water partition coefficient (Wildman–Crippen LogP) is 4.46. The maximum Gasteiger partial charge on any atom is 0.315 e. The second-order valence-electron chi connectivity index (χ2n) is 6.04. The van der Waals surface area contributed by atoms with Gasteiger partial charge in [-0.3, -0.25) is 0 Å². The standard InChI is InChI=1S/C19H22N2O4/c1-11-8-9-15(24-11)12(2)20-19(22)21-13(3)17-10-14-6-5-7-16(23-4)18(14)25-17/h5-10,12-13H,1-4H3,(H2,20,21,22). The number of ether oxygens (including phenoxy) is 1. The highest BCUT2D eigenvalue weighted by Gasteiger charge is 2.18. The molecule has 6 heteroatoms. The molecule has 0 fully saturated rings. The molecule has 2 unspecified atom stereocenters. The zero-order chi connectivity index (χ0) is 18.0. The van der Waals surface area contributed by atoms with E-state index < -0.39 is 0 Å². The molecular weight excluding hydrogens is 320 g/mol. The van der Waals surface area contributed by atoms with E-state index in [4.69, 9.17) is 13.6 Å². The highest BCUT2D eigenvalue weighted by atomic mass is 16.5. The normalized spacial score (nSPS) is 13.4. The van der Waals surface area contributed by atoms with Crippen molar-refractivity contribution in [2.45, 2.75) is 32.9 Å². The Balaban J connectivity index is 1.67. The monoisotopic (exact) mass is 342 g/mol. The molecule has 3 aromatic rings. The molecule has 2 atom stereocenters. The highest BCUT2D eigenvalue weighted by Crippen LogP contribution is 2.30. The largest absolute Gasteiger partial charge is 0.493 e. The number of carbonyl (C=O) groups excluding carboxylic acids is 1. The number of methoxy groups -OCH3 is 1. The fourth-order valence-corrected chi connectivity index (χ4v) is 2.69. The molecule has 1 aromatic carbocycles. The molecule has 2 heterocycles. The number of rotatable bonds is 5. The van der Waals surface area contributed by atoms with E-state index in [9.17, 15) is 4.79 Å². The summed E-state index contributed by atoms with van der Waals surface area (Å²) < 4.78 is 16.7. The number of hydrogen-bond donors (Lipinski definition) is 2. The number of nitrogens with one attached hydrogen (secondary N) is 2. The van der Waals surface area contributed by atoms with Crippen LogP contribution in [-0.2, 0) is 0 Å². The number of carbonyl (C=O) groups is 1. The molecule has 0 radical (unpaired) electrons. The average molecular weight is 342 g/mol. The first-order valence-electron chi connectivity index (χ1n) is 8.17. The second-order valence-corrected chi connectivity index (χ2v) is 6.04. The quantitative estimate of drug-likeness (QED) is 0.717.